The first-order chi connectivity index (χ1) is 9.85. The van der Waals surface area contributed by atoms with Crippen LogP contribution in [-0.4, -0.2) is 36.2 Å². The van der Waals surface area contributed by atoms with E-state index in [-0.39, 0.29) is 6.61 Å². The molecule has 0 aliphatic carbocycles. The number of hydrogen-bond donors (Lipinski definition) is 2. The zero-order chi connectivity index (χ0) is 13.8. The number of aliphatic hydroxyl groups excluding tert-OH is 1. The first kappa shape index (κ1) is 13.4. The van der Waals surface area contributed by atoms with Crippen LogP contribution in [0, 0.1) is 0 Å². The highest BCUT2D eigenvalue weighted by molar-refractivity contribution is 5.57. The van der Waals surface area contributed by atoms with Gasteiger partial charge in [-0.1, -0.05) is 24.3 Å². The Morgan fingerprint density at radius 1 is 1.05 bits per heavy atom. The van der Waals surface area contributed by atoms with Gasteiger partial charge in [0.2, 0.25) is 0 Å². The minimum atomic E-state index is 0.0761. The van der Waals surface area contributed by atoms with Crippen molar-refractivity contribution < 1.29 is 9.52 Å². The Hall–Kier alpha value is -1.62. The van der Waals surface area contributed by atoms with E-state index in [0.717, 1.165) is 55.4 Å². The van der Waals surface area contributed by atoms with Crippen LogP contribution in [0.15, 0.2) is 40.8 Å². The molecule has 2 aromatic rings. The Morgan fingerprint density at radius 2 is 1.80 bits per heavy atom. The summed E-state index contributed by atoms with van der Waals surface area (Å²) in [7, 11) is 0. The number of rotatable bonds is 4. The van der Waals surface area contributed by atoms with Crippen LogP contribution in [0.2, 0.25) is 0 Å². The SMILES string of the molecule is OCc1ccc(-c2ccc(CN3CCNCC3)o2)cc1. The molecule has 0 radical (unpaired) electrons. The summed E-state index contributed by atoms with van der Waals surface area (Å²) in [5, 5.41) is 12.4. The van der Waals surface area contributed by atoms with Gasteiger partial charge >= 0.3 is 0 Å². The predicted molar refractivity (Wildman–Crippen MR) is 78.2 cm³/mol. The Kier molecular flexibility index (Phi) is 4.16. The van der Waals surface area contributed by atoms with Gasteiger partial charge < -0.3 is 14.8 Å². The molecule has 2 heterocycles. The number of benzene rings is 1. The van der Waals surface area contributed by atoms with Crippen LogP contribution < -0.4 is 5.32 Å². The van der Waals surface area contributed by atoms with Gasteiger partial charge in [-0.25, -0.2) is 0 Å². The van der Waals surface area contributed by atoms with E-state index in [1.807, 2.05) is 30.3 Å². The third kappa shape index (κ3) is 3.10. The van der Waals surface area contributed by atoms with Crippen molar-refractivity contribution >= 4 is 0 Å². The van der Waals surface area contributed by atoms with Crippen molar-refractivity contribution in [3.63, 3.8) is 0 Å². The van der Waals surface area contributed by atoms with Gasteiger partial charge in [0.15, 0.2) is 0 Å². The molecule has 0 spiro atoms. The second-order valence-electron chi connectivity index (χ2n) is 5.15. The average Bonchev–Trinajstić information content (AvgIpc) is 2.97. The molecule has 1 saturated heterocycles. The Balaban J connectivity index is 1.68. The molecule has 0 saturated carbocycles. The van der Waals surface area contributed by atoms with Crippen LogP contribution in [0.3, 0.4) is 0 Å². The van der Waals surface area contributed by atoms with Crippen molar-refractivity contribution in [3.05, 3.63) is 47.7 Å². The summed E-state index contributed by atoms with van der Waals surface area (Å²) in [6, 6.07) is 11.9. The largest absolute Gasteiger partial charge is 0.460 e. The molecule has 106 valence electrons. The summed E-state index contributed by atoms with van der Waals surface area (Å²) in [4.78, 5) is 2.40. The third-order valence-electron chi connectivity index (χ3n) is 3.67. The molecule has 1 fully saturated rings. The monoisotopic (exact) mass is 272 g/mol. The van der Waals surface area contributed by atoms with Gasteiger partial charge in [0, 0.05) is 31.7 Å². The van der Waals surface area contributed by atoms with Gasteiger partial charge in [0.1, 0.15) is 11.5 Å². The molecule has 1 aromatic carbocycles. The van der Waals surface area contributed by atoms with Crippen LogP contribution in [-0.2, 0) is 13.2 Å². The lowest BCUT2D eigenvalue weighted by Gasteiger charge is -2.26. The van der Waals surface area contributed by atoms with E-state index in [2.05, 4.69) is 16.3 Å². The van der Waals surface area contributed by atoms with Crippen molar-refractivity contribution in [1.82, 2.24) is 10.2 Å². The number of furan rings is 1. The molecule has 4 nitrogen and oxygen atoms in total. The van der Waals surface area contributed by atoms with Crippen LogP contribution >= 0.6 is 0 Å². The second-order valence-corrected chi connectivity index (χ2v) is 5.15. The van der Waals surface area contributed by atoms with Crippen LogP contribution in [0.25, 0.3) is 11.3 Å². The first-order valence-electron chi connectivity index (χ1n) is 7.07. The van der Waals surface area contributed by atoms with Crippen molar-refractivity contribution in [2.24, 2.45) is 0 Å². The Morgan fingerprint density at radius 3 is 2.50 bits per heavy atom. The van der Waals surface area contributed by atoms with Gasteiger partial charge in [-0.15, -0.1) is 0 Å². The molecule has 2 N–H and O–H groups in total. The highest BCUT2D eigenvalue weighted by Gasteiger charge is 2.12. The predicted octanol–water partition coefficient (Wildman–Crippen LogP) is 1.84. The lowest BCUT2D eigenvalue weighted by Crippen LogP contribution is -2.42. The zero-order valence-electron chi connectivity index (χ0n) is 11.5. The standard InChI is InChI=1S/C16H20N2O2/c19-12-13-1-3-14(4-2-13)16-6-5-15(20-16)11-18-9-7-17-8-10-18/h1-6,17,19H,7-12H2. The van der Waals surface area contributed by atoms with E-state index in [4.69, 9.17) is 9.52 Å². The van der Waals surface area contributed by atoms with Crippen molar-refractivity contribution in [1.29, 1.82) is 0 Å². The maximum absolute atomic E-state index is 9.05. The summed E-state index contributed by atoms with van der Waals surface area (Å²) in [6.07, 6.45) is 0. The van der Waals surface area contributed by atoms with Gasteiger partial charge in [0.25, 0.3) is 0 Å². The van der Waals surface area contributed by atoms with E-state index in [1.165, 1.54) is 0 Å². The van der Waals surface area contributed by atoms with Gasteiger partial charge in [0.05, 0.1) is 13.2 Å². The van der Waals surface area contributed by atoms with Crippen LogP contribution in [0.1, 0.15) is 11.3 Å². The van der Waals surface area contributed by atoms with Gasteiger partial charge in [-0.3, -0.25) is 4.90 Å². The second kappa shape index (κ2) is 6.22. The molecule has 1 aliphatic rings. The average molecular weight is 272 g/mol. The number of hydrogen-bond acceptors (Lipinski definition) is 4. The quantitative estimate of drug-likeness (QED) is 0.891. The highest BCUT2D eigenvalue weighted by Crippen LogP contribution is 2.23. The fourth-order valence-electron chi connectivity index (χ4n) is 2.48. The minimum absolute atomic E-state index is 0.0761. The van der Waals surface area contributed by atoms with Crippen LogP contribution in [0.5, 0.6) is 0 Å². The smallest absolute Gasteiger partial charge is 0.134 e. The summed E-state index contributed by atoms with van der Waals surface area (Å²) >= 11 is 0. The van der Waals surface area contributed by atoms with Crippen molar-refractivity contribution in [2.75, 3.05) is 26.2 Å². The molecule has 0 bridgehead atoms. The molecular weight excluding hydrogens is 252 g/mol. The van der Waals surface area contributed by atoms with Crippen molar-refractivity contribution in [2.45, 2.75) is 13.2 Å². The van der Waals surface area contributed by atoms with E-state index in [0.29, 0.717) is 0 Å². The maximum atomic E-state index is 9.05. The normalized spacial score (nSPS) is 16.4. The molecular formula is C16H20N2O2. The van der Waals surface area contributed by atoms with E-state index in [1.54, 1.807) is 0 Å². The van der Waals surface area contributed by atoms with Crippen LogP contribution in [0.4, 0.5) is 0 Å². The summed E-state index contributed by atoms with van der Waals surface area (Å²) in [6.45, 7) is 5.19. The summed E-state index contributed by atoms with van der Waals surface area (Å²) in [5.41, 5.74) is 1.97. The highest BCUT2D eigenvalue weighted by atomic mass is 16.3. The Labute approximate surface area is 119 Å². The molecule has 3 rings (SSSR count). The summed E-state index contributed by atoms with van der Waals surface area (Å²) in [5.74, 6) is 1.90. The third-order valence-corrected chi connectivity index (χ3v) is 3.67. The Bertz CT molecular complexity index is 542. The molecule has 1 aromatic heterocycles. The number of piperazine rings is 1. The molecule has 1 aliphatic heterocycles. The lowest BCUT2D eigenvalue weighted by molar-refractivity contribution is 0.217. The maximum Gasteiger partial charge on any atom is 0.134 e. The van der Waals surface area contributed by atoms with Gasteiger partial charge in [-0.2, -0.15) is 0 Å². The molecule has 4 heteroatoms. The fraction of sp³-hybridized carbons (Fsp3) is 0.375. The molecule has 0 unspecified atom stereocenters. The topological polar surface area (TPSA) is 48.6 Å². The lowest BCUT2D eigenvalue weighted by atomic mass is 10.1. The number of nitrogens with one attached hydrogen (secondary N) is 1. The van der Waals surface area contributed by atoms with E-state index in [9.17, 15) is 0 Å². The zero-order valence-corrected chi connectivity index (χ0v) is 11.5. The number of nitrogens with zero attached hydrogens (tertiary/aromatic N) is 1. The van der Waals surface area contributed by atoms with Gasteiger partial charge in [-0.05, 0) is 17.7 Å². The molecule has 20 heavy (non-hydrogen) atoms. The summed E-state index contributed by atoms with van der Waals surface area (Å²) < 4.78 is 5.92. The first-order valence-corrected chi connectivity index (χ1v) is 7.07. The van der Waals surface area contributed by atoms with E-state index < -0.39 is 0 Å². The molecule has 0 atom stereocenters. The van der Waals surface area contributed by atoms with Crippen molar-refractivity contribution in [3.8, 4) is 11.3 Å². The number of aliphatic hydroxyl groups is 1. The minimum Gasteiger partial charge on any atom is -0.460 e. The fourth-order valence-corrected chi connectivity index (χ4v) is 2.48. The van der Waals surface area contributed by atoms with E-state index >= 15 is 0 Å². The molecule has 0 amide bonds.